The number of hydrogen-bond acceptors (Lipinski definition) is 3. The maximum atomic E-state index is 13.0. The third-order valence-electron chi connectivity index (χ3n) is 4.38. The number of likely N-dealkylation sites (N-methyl/N-ethyl adjacent to an activating group) is 1. The van der Waals surface area contributed by atoms with Crippen LogP contribution in [0.2, 0.25) is 0 Å². The molecular formula is C20H26N2O3S. The summed E-state index contributed by atoms with van der Waals surface area (Å²) in [5.41, 5.74) is 4.98. The van der Waals surface area contributed by atoms with Crippen molar-refractivity contribution in [3.8, 4) is 0 Å². The number of carbonyl (C=O) groups is 1. The molecule has 0 spiro atoms. The van der Waals surface area contributed by atoms with Crippen LogP contribution in [0.15, 0.2) is 35.2 Å². The van der Waals surface area contributed by atoms with Crippen molar-refractivity contribution in [2.75, 3.05) is 18.9 Å². The standard InChI is InChI=1S/C20H26N2O3S/c1-13-10-16(4)20(17(5)11-13)26(24,25)22(6)12-18(23)21-19-14(2)8-7-9-15(19)3/h7-11H,12H2,1-6H3,(H,21,23). The van der Waals surface area contributed by atoms with Gasteiger partial charge < -0.3 is 5.32 Å². The molecule has 1 amide bonds. The lowest BCUT2D eigenvalue weighted by Gasteiger charge is -2.20. The van der Waals surface area contributed by atoms with Gasteiger partial charge in [0.05, 0.1) is 11.4 Å². The largest absolute Gasteiger partial charge is 0.324 e. The maximum Gasteiger partial charge on any atom is 0.243 e. The van der Waals surface area contributed by atoms with Crippen molar-refractivity contribution < 1.29 is 13.2 Å². The van der Waals surface area contributed by atoms with Crippen molar-refractivity contribution in [3.05, 3.63) is 58.1 Å². The van der Waals surface area contributed by atoms with Gasteiger partial charge in [-0.25, -0.2) is 8.42 Å². The van der Waals surface area contributed by atoms with E-state index in [1.807, 2.05) is 51.1 Å². The number of sulfonamides is 1. The molecule has 2 rings (SSSR count). The van der Waals surface area contributed by atoms with Gasteiger partial charge in [0.2, 0.25) is 15.9 Å². The second-order valence-corrected chi connectivity index (χ2v) is 8.79. The van der Waals surface area contributed by atoms with Gasteiger partial charge in [-0.1, -0.05) is 35.9 Å². The maximum absolute atomic E-state index is 13.0. The van der Waals surface area contributed by atoms with Crippen LogP contribution in [0, 0.1) is 34.6 Å². The van der Waals surface area contributed by atoms with Gasteiger partial charge in [0.15, 0.2) is 0 Å². The van der Waals surface area contributed by atoms with Gasteiger partial charge >= 0.3 is 0 Å². The fourth-order valence-electron chi connectivity index (χ4n) is 3.21. The highest BCUT2D eigenvalue weighted by molar-refractivity contribution is 7.89. The van der Waals surface area contributed by atoms with Crippen LogP contribution < -0.4 is 5.32 Å². The lowest BCUT2D eigenvalue weighted by Crippen LogP contribution is -2.35. The lowest BCUT2D eigenvalue weighted by atomic mass is 10.1. The van der Waals surface area contributed by atoms with E-state index < -0.39 is 10.0 Å². The molecule has 0 unspecified atom stereocenters. The molecule has 0 aliphatic carbocycles. The Bertz CT molecular complexity index is 906. The molecule has 0 heterocycles. The first-order chi connectivity index (χ1) is 12.0. The zero-order chi connectivity index (χ0) is 19.6. The minimum Gasteiger partial charge on any atom is -0.324 e. The van der Waals surface area contributed by atoms with Crippen LogP contribution in [-0.4, -0.2) is 32.2 Å². The minimum atomic E-state index is -3.75. The molecule has 2 aromatic carbocycles. The van der Waals surface area contributed by atoms with Crippen LogP contribution in [0.25, 0.3) is 0 Å². The Morgan fingerprint density at radius 1 is 0.962 bits per heavy atom. The third-order valence-corrected chi connectivity index (χ3v) is 6.49. The van der Waals surface area contributed by atoms with Crippen LogP contribution in [0.5, 0.6) is 0 Å². The molecule has 0 atom stereocenters. The van der Waals surface area contributed by atoms with Crippen LogP contribution >= 0.6 is 0 Å². The summed E-state index contributed by atoms with van der Waals surface area (Å²) in [6, 6.07) is 9.40. The molecule has 0 bridgehead atoms. The Hall–Kier alpha value is -2.18. The molecular weight excluding hydrogens is 348 g/mol. The Morgan fingerprint density at radius 3 is 1.96 bits per heavy atom. The second-order valence-electron chi connectivity index (χ2n) is 6.80. The van der Waals surface area contributed by atoms with Crippen LogP contribution in [0.3, 0.4) is 0 Å². The molecule has 0 aliphatic rings. The van der Waals surface area contributed by atoms with E-state index >= 15 is 0 Å². The normalized spacial score (nSPS) is 11.7. The first-order valence-electron chi connectivity index (χ1n) is 8.44. The quantitative estimate of drug-likeness (QED) is 0.871. The van der Waals surface area contributed by atoms with Crippen LogP contribution in [0.4, 0.5) is 5.69 Å². The topological polar surface area (TPSA) is 66.5 Å². The third kappa shape index (κ3) is 4.14. The molecule has 0 radical (unpaired) electrons. The molecule has 5 nitrogen and oxygen atoms in total. The van der Waals surface area contributed by atoms with Gasteiger partial charge in [-0.15, -0.1) is 0 Å². The van der Waals surface area contributed by atoms with Crippen molar-refractivity contribution in [1.29, 1.82) is 0 Å². The van der Waals surface area contributed by atoms with Crippen molar-refractivity contribution in [2.45, 2.75) is 39.5 Å². The van der Waals surface area contributed by atoms with E-state index in [0.717, 1.165) is 26.7 Å². The van der Waals surface area contributed by atoms with E-state index in [2.05, 4.69) is 5.32 Å². The van der Waals surface area contributed by atoms with Gasteiger partial charge in [-0.2, -0.15) is 4.31 Å². The zero-order valence-electron chi connectivity index (χ0n) is 16.2. The first kappa shape index (κ1) is 20.1. The van der Waals surface area contributed by atoms with E-state index in [0.29, 0.717) is 11.1 Å². The molecule has 0 aromatic heterocycles. The molecule has 26 heavy (non-hydrogen) atoms. The highest BCUT2D eigenvalue weighted by Gasteiger charge is 2.26. The van der Waals surface area contributed by atoms with Crippen molar-refractivity contribution in [1.82, 2.24) is 4.31 Å². The SMILES string of the molecule is Cc1cc(C)c(S(=O)(=O)N(C)CC(=O)Nc2c(C)cccc2C)c(C)c1. The summed E-state index contributed by atoms with van der Waals surface area (Å²) in [5.74, 6) is -0.365. The summed E-state index contributed by atoms with van der Waals surface area (Å²) in [6.45, 7) is 9.04. The Balaban J connectivity index is 2.24. The molecule has 2 aromatic rings. The molecule has 140 valence electrons. The van der Waals surface area contributed by atoms with E-state index in [1.165, 1.54) is 7.05 Å². The fourth-order valence-corrected chi connectivity index (χ4v) is 4.74. The van der Waals surface area contributed by atoms with E-state index in [1.54, 1.807) is 13.8 Å². The fraction of sp³-hybridized carbons (Fsp3) is 0.350. The number of aryl methyl sites for hydroxylation is 5. The Morgan fingerprint density at radius 2 is 1.46 bits per heavy atom. The lowest BCUT2D eigenvalue weighted by molar-refractivity contribution is -0.116. The highest BCUT2D eigenvalue weighted by atomic mass is 32.2. The van der Waals surface area contributed by atoms with Crippen molar-refractivity contribution in [3.63, 3.8) is 0 Å². The van der Waals surface area contributed by atoms with E-state index in [-0.39, 0.29) is 17.3 Å². The monoisotopic (exact) mass is 374 g/mol. The van der Waals surface area contributed by atoms with Gasteiger partial charge in [0.25, 0.3) is 0 Å². The van der Waals surface area contributed by atoms with Gasteiger partial charge in [0, 0.05) is 12.7 Å². The zero-order valence-corrected chi connectivity index (χ0v) is 17.0. The minimum absolute atomic E-state index is 0.247. The predicted molar refractivity (Wildman–Crippen MR) is 105 cm³/mol. The molecule has 0 saturated carbocycles. The van der Waals surface area contributed by atoms with Gasteiger partial charge in [-0.3, -0.25) is 4.79 Å². The van der Waals surface area contributed by atoms with Crippen LogP contribution in [0.1, 0.15) is 27.8 Å². The summed E-state index contributed by atoms with van der Waals surface area (Å²) in [7, 11) is -2.32. The Kier molecular flexibility index (Phi) is 5.88. The summed E-state index contributed by atoms with van der Waals surface area (Å²) < 4.78 is 27.0. The average molecular weight is 375 g/mol. The van der Waals surface area contributed by atoms with Crippen molar-refractivity contribution >= 4 is 21.6 Å². The number of rotatable bonds is 5. The molecule has 6 heteroatoms. The molecule has 0 aliphatic heterocycles. The number of amides is 1. The first-order valence-corrected chi connectivity index (χ1v) is 9.88. The number of hydrogen-bond donors (Lipinski definition) is 1. The molecule has 0 saturated heterocycles. The molecule has 0 fully saturated rings. The van der Waals surface area contributed by atoms with Crippen LogP contribution in [-0.2, 0) is 14.8 Å². The summed E-state index contributed by atoms with van der Waals surface area (Å²) in [6.07, 6.45) is 0. The predicted octanol–water partition coefficient (Wildman–Crippen LogP) is 3.49. The summed E-state index contributed by atoms with van der Waals surface area (Å²) in [5, 5.41) is 2.83. The highest BCUT2D eigenvalue weighted by Crippen LogP contribution is 2.25. The number of anilines is 1. The number of para-hydroxylation sites is 1. The number of benzene rings is 2. The van der Waals surface area contributed by atoms with Gasteiger partial charge in [-0.05, 0) is 56.9 Å². The van der Waals surface area contributed by atoms with E-state index in [4.69, 9.17) is 0 Å². The second kappa shape index (κ2) is 7.60. The Labute approximate surface area is 156 Å². The number of carbonyl (C=O) groups excluding carboxylic acids is 1. The van der Waals surface area contributed by atoms with Gasteiger partial charge in [0.1, 0.15) is 0 Å². The smallest absolute Gasteiger partial charge is 0.243 e. The number of nitrogens with zero attached hydrogens (tertiary/aromatic N) is 1. The van der Waals surface area contributed by atoms with E-state index in [9.17, 15) is 13.2 Å². The summed E-state index contributed by atoms with van der Waals surface area (Å²) >= 11 is 0. The number of nitrogens with one attached hydrogen (secondary N) is 1. The molecule has 1 N–H and O–H groups in total. The average Bonchev–Trinajstić information content (AvgIpc) is 2.49. The van der Waals surface area contributed by atoms with Crippen molar-refractivity contribution in [2.24, 2.45) is 0 Å². The summed E-state index contributed by atoms with van der Waals surface area (Å²) in [4.78, 5) is 12.7.